The summed E-state index contributed by atoms with van der Waals surface area (Å²) in [5.74, 6) is 0.623. The highest BCUT2D eigenvalue weighted by Gasteiger charge is 2.21. The maximum Gasteiger partial charge on any atom is 0.241 e. The van der Waals surface area contributed by atoms with E-state index in [0.29, 0.717) is 12.2 Å². The van der Waals surface area contributed by atoms with E-state index in [1.165, 1.54) is 0 Å². The van der Waals surface area contributed by atoms with Crippen molar-refractivity contribution >= 4 is 10.0 Å². The van der Waals surface area contributed by atoms with Crippen molar-refractivity contribution < 1.29 is 8.42 Å². The van der Waals surface area contributed by atoms with Crippen molar-refractivity contribution in [1.29, 1.82) is 0 Å². The molecule has 6 heteroatoms. The number of hydrogen-bond donors (Lipinski definition) is 2. The Morgan fingerprint density at radius 2 is 2.00 bits per heavy atom. The van der Waals surface area contributed by atoms with E-state index in [-0.39, 0.29) is 10.9 Å². The number of imidazole rings is 1. The van der Waals surface area contributed by atoms with Gasteiger partial charge < -0.3 is 4.98 Å². The summed E-state index contributed by atoms with van der Waals surface area (Å²) in [6.07, 6.45) is 3.91. The van der Waals surface area contributed by atoms with E-state index in [9.17, 15) is 8.42 Å². The number of aryl methyl sites for hydroxylation is 1. The summed E-state index contributed by atoms with van der Waals surface area (Å²) in [4.78, 5) is 7.30. The van der Waals surface area contributed by atoms with Crippen LogP contribution in [0.5, 0.6) is 0 Å². The molecule has 1 aromatic heterocycles. The Hall–Kier alpha value is -1.66. The van der Waals surface area contributed by atoms with Gasteiger partial charge in [0.05, 0.1) is 10.9 Å². The first kappa shape index (κ1) is 13.8. The number of aromatic nitrogens is 2. The summed E-state index contributed by atoms with van der Waals surface area (Å²) in [5, 5.41) is 0. The van der Waals surface area contributed by atoms with Crippen molar-refractivity contribution in [3.05, 3.63) is 48.0 Å². The van der Waals surface area contributed by atoms with Gasteiger partial charge in [-0.2, -0.15) is 0 Å². The highest BCUT2D eigenvalue weighted by molar-refractivity contribution is 7.89. The monoisotopic (exact) mass is 279 g/mol. The third-order valence-electron chi connectivity index (χ3n) is 2.89. The molecule has 2 aromatic rings. The zero-order chi connectivity index (χ0) is 13.9. The molecule has 1 unspecified atom stereocenters. The van der Waals surface area contributed by atoms with E-state index in [4.69, 9.17) is 0 Å². The maximum absolute atomic E-state index is 12.3. The molecule has 0 amide bonds. The molecule has 0 aliphatic heterocycles. The number of nitrogens with zero attached hydrogens (tertiary/aromatic N) is 1. The van der Waals surface area contributed by atoms with Crippen LogP contribution in [-0.4, -0.2) is 18.4 Å². The fraction of sp³-hybridized carbons (Fsp3) is 0.308. The van der Waals surface area contributed by atoms with Crippen LogP contribution in [-0.2, 0) is 10.0 Å². The van der Waals surface area contributed by atoms with Crippen LogP contribution in [0.4, 0.5) is 0 Å². The fourth-order valence-corrected chi connectivity index (χ4v) is 3.06. The normalized spacial score (nSPS) is 13.4. The van der Waals surface area contributed by atoms with E-state index in [2.05, 4.69) is 14.7 Å². The molecule has 1 atom stereocenters. The van der Waals surface area contributed by atoms with E-state index >= 15 is 0 Å². The highest BCUT2D eigenvalue weighted by Crippen LogP contribution is 2.17. The Kier molecular flexibility index (Phi) is 4.01. The van der Waals surface area contributed by atoms with Crippen molar-refractivity contribution in [2.24, 2.45) is 0 Å². The highest BCUT2D eigenvalue weighted by atomic mass is 32.2. The average molecular weight is 279 g/mol. The van der Waals surface area contributed by atoms with Crippen molar-refractivity contribution in [3.8, 4) is 0 Å². The van der Waals surface area contributed by atoms with Crippen LogP contribution in [0.25, 0.3) is 0 Å². The van der Waals surface area contributed by atoms with Crippen LogP contribution in [0, 0.1) is 6.92 Å². The van der Waals surface area contributed by atoms with Gasteiger partial charge in [0, 0.05) is 12.4 Å². The molecule has 0 saturated carbocycles. The Morgan fingerprint density at radius 1 is 1.32 bits per heavy atom. The van der Waals surface area contributed by atoms with Crippen molar-refractivity contribution in [1.82, 2.24) is 14.7 Å². The zero-order valence-electron chi connectivity index (χ0n) is 10.9. The lowest BCUT2D eigenvalue weighted by Gasteiger charge is -2.15. The first-order chi connectivity index (χ1) is 9.03. The van der Waals surface area contributed by atoms with Crippen LogP contribution >= 0.6 is 0 Å². The first-order valence-corrected chi connectivity index (χ1v) is 7.59. The Balaban J connectivity index is 2.23. The molecule has 0 aliphatic carbocycles. The lowest BCUT2D eigenvalue weighted by molar-refractivity contribution is 0.539. The number of H-pyrrole nitrogens is 1. The fourth-order valence-electron chi connectivity index (χ4n) is 1.77. The number of nitrogens with one attached hydrogen (secondary N) is 2. The number of sulfonamides is 1. The average Bonchev–Trinajstić information content (AvgIpc) is 2.90. The predicted molar refractivity (Wildman–Crippen MR) is 73.1 cm³/mol. The van der Waals surface area contributed by atoms with Gasteiger partial charge in [0.1, 0.15) is 5.82 Å². The maximum atomic E-state index is 12.3. The van der Waals surface area contributed by atoms with Gasteiger partial charge in [-0.05, 0) is 25.5 Å². The number of hydrogen-bond acceptors (Lipinski definition) is 3. The molecule has 19 heavy (non-hydrogen) atoms. The third kappa shape index (κ3) is 3.21. The smallest absolute Gasteiger partial charge is 0.241 e. The lowest BCUT2D eigenvalue weighted by atomic mass is 10.2. The molecule has 1 aromatic carbocycles. The summed E-state index contributed by atoms with van der Waals surface area (Å²) in [6, 6.07) is 6.42. The Morgan fingerprint density at radius 3 is 2.53 bits per heavy atom. The lowest BCUT2D eigenvalue weighted by Crippen LogP contribution is -2.29. The van der Waals surface area contributed by atoms with Gasteiger partial charge in [0.15, 0.2) is 0 Å². The molecule has 5 nitrogen and oxygen atoms in total. The standard InChI is InChI=1S/C13H17N3O2S/c1-3-12(13-14-8-9-15-13)16-19(17,18)11-6-4-10(2)5-7-11/h4-9,12,16H,3H2,1-2H3,(H,14,15). The molecule has 0 aliphatic rings. The van der Waals surface area contributed by atoms with E-state index in [0.717, 1.165) is 5.56 Å². The van der Waals surface area contributed by atoms with Gasteiger partial charge in [-0.15, -0.1) is 0 Å². The van der Waals surface area contributed by atoms with Gasteiger partial charge in [0.2, 0.25) is 10.0 Å². The molecule has 0 radical (unpaired) electrons. The molecular formula is C13H17N3O2S. The predicted octanol–water partition coefficient (Wildman–Crippen LogP) is 2.15. The molecule has 0 bridgehead atoms. The van der Waals surface area contributed by atoms with Gasteiger partial charge in [-0.25, -0.2) is 18.1 Å². The Bertz CT molecular complexity index is 618. The van der Waals surface area contributed by atoms with Gasteiger partial charge in [0.25, 0.3) is 0 Å². The largest absolute Gasteiger partial charge is 0.347 e. The number of rotatable bonds is 5. The van der Waals surface area contributed by atoms with Gasteiger partial charge in [-0.3, -0.25) is 0 Å². The number of aromatic amines is 1. The summed E-state index contributed by atoms with van der Waals surface area (Å²) in [5.41, 5.74) is 1.03. The molecule has 1 heterocycles. The molecule has 2 N–H and O–H groups in total. The summed E-state index contributed by atoms with van der Waals surface area (Å²) in [6.45, 7) is 3.83. The minimum atomic E-state index is -3.52. The van der Waals surface area contributed by atoms with E-state index < -0.39 is 10.0 Å². The molecule has 0 saturated heterocycles. The second-order valence-electron chi connectivity index (χ2n) is 4.37. The van der Waals surface area contributed by atoms with Crippen molar-refractivity contribution in [2.45, 2.75) is 31.2 Å². The molecule has 0 fully saturated rings. The number of benzene rings is 1. The molecular weight excluding hydrogens is 262 g/mol. The molecule has 0 spiro atoms. The third-order valence-corrected chi connectivity index (χ3v) is 4.37. The quantitative estimate of drug-likeness (QED) is 0.880. The SMILES string of the molecule is CCC(NS(=O)(=O)c1ccc(C)cc1)c1ncc[nH]1. The first-order valence-electron chi connectivity index (χ1n) is 6.11. The second-order valence-corrected chi connectivity index (χ2v) is 6.08. The van der Waals surface area contributed by atoms with Crippen LogP contribution in [0.3, 0.4) is 0 Å². The summed E-state index contributed by atoms with van der Waals surface area (Å²) >= 11 is 0. The van der Waals surface area contributed by atoms with Crippen molar-refractivity contribution in [3.63, 3.8) is 0 Å². The van der Waals surface area contributed by atoms with Gasteiger partial charge >= 0.3 is 0 Å². The van der Waals surface area contributed by atoms with E-state index in [1.54, 1.807) is 36.7 Å². The topological polar surface area (TPSA) is 74.8 Å². The van der Waals surface area contributed by atoms with Crippen LogP contribution in [0.15, 0.2) is 41.6 Å². The summed E-state index contributed by atoms with van der Waals surface area (Å²) < 4.78 is 27.2. The van der Waals surface area contributed by atoms with Crippen LogP contribution in [0.1, 0.15) is 30.8 Å². The minimum Gasteiger partial charge on any atom is -0.347 e. The summed E-state index contributed by atoms with van der Waals surface area (Å²) in [7, 11) is -3.52. The second kappa shape index (κ2) is 5.54. The Labute approximate surface area is 113 Å². The van der Waals surface area contributed by atoms with Crippen molar-refractivity contribution in [2.75, 3.05) is 0 Å². The zero-order valence-corrected chi connectivity index (χ0v) is 11.7. The molecule has 102 valence electrons. The molecule has 2 rings (SSSR count). The van der Waals surface area contributed by atoms with Gasteiger partial charge in [-0.1, -0.05) is 24.6 Å². The van der Waals surface area contributed by atoms with E-state index in [1.807, 2.05) is 13.8 Å². The minimum absolute atomic E-state index is 0.267. The van der Waals surface area contributed by atoms with Crippen LogP contribution < -0.4 is 4.72 Å². The van der Waals surface area contributed by atoms with Crippen LogP contribution in [0.2, 0.25) is 0 Å².